The lowest BCUT2D eigenvalue weighted by Crippen LogP contribution is -2.13. The molecule has 0 radical (unpaired) electrons. The highest BCUT2D eigenvalue weighted by molar-refractivity contribution is 7.14. The van der Waals surface area contributed by atoms with E-state index >= 15 is 0 Å². The van der Waals surface area contributed by atoms with Gasteiger partial charge in [0.1, 0.15) is 0 Å². The summed E-state index contributed by atoms with van der Waals surface area (Å²) in [5.74, 6) is 0.271. The van der Waals surface area contributed by atoms with Crippen molar-refractivity contribution in [1.29, 1.82) is 0 Å². The van der Waals surface area contributed by atoms with E-state index in [0.717, 1.165) is 16.4 Å². The molecular weight excluding hydrogens is 284 g/mol. The van der Waals surface area contributed by atoms with E-state index in [1.54, 1.807) is 18.3 Å². The minimum atomic E-state index is -0.347. The molecule has 2 N–H and O–H groups in total. The lowest BCUT2D eigenvalue weighted by atomic mass is 10.3. The van der Waals surface area contributed by atoms with Crippen LogP contribution < -0.4 is 5.32 Å². The van der Waals surface area contributed by atoms with Crippen molar-refractivity contribution in [1.82, 2.24) is 24.8 Å². The number of hydrogen-bond donors (Lipinski definition) is 2. The molecule has 3 aromatic rings. The van der Waals surface area contributed by atoms with E-state index in [9.17, 15) is 4.79 Å². The summed E-state index contributed by atoms with van der Waals surface area (Å²) in [6.07, 6.45) is 0. The molecule has 0 saturated heterocycles. The number of anilines is 1. The number of nitrogens with one attached hydrogen (secondary N) is 2. The Labute approximate surface area is 115 Å². The lowest BCUT2D eigenvalue weighted by molar-refractivity contribution is 0.102. The quantitative estimate of drug-likeness (QED) is 0.769. The summed E-state index contributed by atoms with van der Waals surface area (Å²) in [6.45, 7) is 1.70. The van der Waals surface area contributed by atoms with Crippen LogP contribution in [0.1, 0.15) is 16.2 Å². The third-order valence-corrected chi connectivity index (χ3v) is 3.82. The van der Waals surface area contributed by atoms with Gasteiger partial charge >= 0.3 is 0 Å². The molecule has 3 aromatic heterocycles. The van der Waals surface area contributed by atoms with Gasteiger partial charge in [-0.15, -0.1) is 11.3 Å². The van der Waals surface area contributed by atoms with Crippen LogP contribution in [0.2, 0.25) is 0 Å². The molecule has 19 heavy (non-hydrogen) atoms. The third kappa shape index (κ3) is 2.37. The van der Waals surface area contributed by atoms with Gasteiger partial charge in [0.05, 0.1) is 10.6 Å². The Balaban J connectivity index is 1.78. The van der Waals surface area contributed by atoms with Crippen molar-refractivity contribution in [2.24, 2.45) is 0 Å². The summed E-state index contributed by atoms with van der Waals surface area (Å²) in [7, 11) is 0. The van der Waals surface area contributed by atoms with Crippen LogP contribution in [0.15, 0.2) is 17.5 Å². The number of hydrogen-bond acceptors (Lipinski definition) is 7. The van der Waals surface area contributed by atoms with Gasteiger partial charge in [-0.3, -0.25) is 10.1 Å². The van der Waals surface area contributed by atoms with E-state index in [-0.39, 0.29) is 11.6 Å². The van der Waals surface area contributed by atoms with Crippen LogP contribution in [0, 0.1) is 6.92 Å². The van der Waals surface area contributed by atoms with Gasteiger partial charge in [-0.25, -0.2) is 0 Å². The van der Waals surface area contributed by atoms with Crippen LogP contribution in [-0.4, -0.2) is 30.7 Å². The summed E-state index contributed by atoms with van der Waals surface area (Å²) in [4.78, 5) is 17.1. The van der Waals surface area contributed by atoms with E-state index in [4.69, 9.17) is 0 Å². The number of amides is 1. The van der Waals surface area contributed by atoms with Crippen molar-refractivity contribution in [2.75, 3.05) is 5.32 Å². The van der Waals surface area contributed by atoms with Crippen LogP contribution in [0.4, 0.5) is 5.13 Å². The van der Waals surface area contributed by atoms with E-state index in [1.807, 2.05) is 17.5 Å². The van der Waals surface area contributed by atoms with Gasteiger partial charge in [0.2, 0.25) is 5.13 Å². The number of aryl methyl sites for hydroxylation is 1. The smallest absolute Gasteiger partial charge is 0.279 e. The Morgan fingerprint density at radius 1 is 1.42 bits per heavy atom. The number of H-pyrrole nitrogens is 1. The van der Waals surface area contributed by atoms with Crippen LogP contribution in [0.25, 0.3) is 10.7 Å². The first kappa shape index (κ1) is 11.9. The Morgan fingerprint density at radius 3 is 3.00 bits per heavy atom. The van der Waals surface area contributed by atoms with Gasteiger partial charge in [0.15, 0.2) is 11.5 Å². The number of nitrogens with zero attached hydrogens (tertiary/aromatic N) is 4. The van der Waals surface area contributed by atoms with Gasteiger partial charge < -0.3 is 0 Å². The number of carbonyl (C=O) groups excluding carboxylic acids is 1. The van der Waals surface area contributed by atoms with E-state index < -0.39 is 0 Å². The number of aromatic nitrogens is 5. The first-order valence-electron chi connectivity index (χ1n) is 5.30. The SMILES string of the molecule is Cc1n[nH]nc1C(=O)Nc1nc(-c2cccs2)ns1. The average molecular weight is 292 g/mol. The van der Waals surface area contributed by atoms with Crippen LogP contribution in [0.5, 0.6) is 0 Å². The predicted octanol–water partition coefficient (Wildman–Crippen LogP) is 1.95. The molecule has 0 fully saturated rings. The molecule has 1 amide bonds. The van der Waals surface area contributed by atoms with Crippen LogP contribution in [-0.2, 0) is 0 Å². The molecule has 0 bridgehead atoms. The monoisotopic (exact) mass is 292 g/mol. The fourth-order valence-corrected chi connectivity index (χ4v) is 2.73. The van der Waals surface area contributed by atoms with Crippen molar-refractivity contribution in [2.45, 2.75) is 6.92 Å². The fraction of sp³-hybridized carbons (Fsp3) is 0.100. The molecular formula is C10H8N6OS2. The molecule has 0 aliphatic heterocycles. The Kier molecular flexibility index (Phi) is 3.05. The standard InChI is InChI=1S/C10H8N6OS2/c1-5-7(14-16-13-5)9(17)12-10-11-8(15-19-10)6-3-2-4-18-6/h2-4H,1H3,(H,13,14,16)(H,11,12,15,17). The largest absolute Gasteiger partial charge is 0.295 e. The maximum Gasteiger partial charge on any atom is 0.279 e. The first-order valence-corrected chi connectivity index (χ1v) is 6.95. The second-order valence-corrected chi connectivity index (χ2v) is 5.31. The summed E-state index contributed by atoms with van der Waals surface area (Å²) >= 11 is 2.68. The minimum absolute atomic E-state index is 0.257. The molecule has 96 valence electrons. The van der Waals surface area contributed by atoms with Gasteiger partial charge in [-0.2, -0.15) is 24.8 Å². The molecule has 0 spiro atoms. The molecule has 0 atom stereocenters. The van der Waals surface area contributed by atoms with E-state index in [0.29, 0.717) is 16.6 Å². The molecule has 3 rings (SSSR count). The average Bonchev–Trinajstić information content (AvgIpc) is 3.07. The molecule has 0 aliphatic carbocycles. The second kappa shape index (κ2) is 4.86. The third-order valence-electron chi connectivity index (χ3n) is 2.33. The molecule has 3 heterocycles. The maximum absolute atomic E-state index is 11.9. The lowest BCUT2D eigenvalue weighted by Gasteiger charge is -1.96. The molecule has 0 aromatic carbocycles. The van der Waals surface area contributed by atoms with Gasteiger partial charge in [0, 0.05) is 11.5 Å². The Morgan fingerprint density at radius 2 is 2.32 bits per heavy atom. The van der Waals surface area contributed by atoms with Crippen molar-refractivity contribution < 1.29 is 4.79 Å². The fourth-order valence-electron chi connectivity index (χ4n) is 1.44. The Bertz CT molecular complexity index is 701. The topological polar surface area (TPSA) is 96.5 Å². The maximum atomic E-state index is 11.9. The number of rotatable bonds is 3. The van der Waals surface area contributed by atoms with Crippen molar-refractivity contribution >= 4 is 33.9 Å². The molecule has 0 aliphatic rings. The second-order valence-electron chi connectivity index (χ2n) is 3.61. The van der Waals surface area contributed by atoms with Crippen molar-refractivity contribution in [3.05, 3.63) is 28.9 Å². The summed E-state index contributed by atoms with van der Waals surface area (Å²) in [5, 5.41) is 15.0. The van der Waals surface area contributed by atoms with Crippen molar-refractivity contribution in [3.63, 3.8) is 0 Å². The summed E-state index contributed by atoms with van der Waals surface area (Å²) in [6, 6.07) is 3.86. The zero-order valence-electron chi connectivity index (χ0n) is 9.75. The molecule has 7 nitrogen and oxygen atoms in total. The molecule has 9 heteroatoms. The highest BCUT2D eigenvalue weighted by Gasteiger charge is 2.16. The molecule has 0 unspecified atom stereocenters. The van der Waals surface area contributed by atoms with E-state index in [2.05, 4.69) is 30.1 Å². The van der Waals surface area contributed by atoms with E-state index in [1.165, 1.54) is 0 Å². The highest BCUT2D eigenvalue weighted by atomic mass is 32.1. The molecule has 0 saturated carbocycles. The summed E-state index contributed by atoms with van der Waals surface area (Å²) in [5.41, 5.74) is 0.799. The predicted molar refractivity (Wildman–Crippen MR) is 72.3 cm³/mol. The minimum Gasteiger partial charge on any atom is -0.295 e. The zero-order chi connectivity index (χ0) is 13.2. The summed E-state index contributed by atoms with van der Waals surface area (Å²) < 4.78 is 4.20. The van der Waals surface area contributed by atoms with Gasteiger partial charge in [-0.1, -0.05) is 6.07 Å². The zero-order valence-corrected chi connectivity index (χ0v) is 11.4. The van der Waals surface area contributed by atoms with Crippen molar-refractivity contribution in [3.8, 4) is 10.7 Å². The first-order chi connectivity index (χ1) is 9.24. The van der Waals surface area contributed by atoms with Gasteiger partial charge in [-0.05, 0) is 18.4 Å². The van der Waals surface area contributed by atoms with Crippen LogP contribution >= 0.6 is 22.9 Å². The Hall–Kier alpha value is -2.13. The normalized spacial score (nSPS) is 10.6. The number of aromatic amines is 1. The number of carbonyl (C=O) groups is 1. The number of thiophene rings is 1. The van der Waals surface area contributed by atoms with Gasteiger partial charge in [0.25, 0.3) is 5.91 Å². The van der Waals surface area contributed by atoms with Crippen LogP contribution in [0.3, 0.4) is 0 Å². The highest BCUT2D eigenvalue weighted by Crippen LogP contribution is 2.25.